The lowest BCUT2D eigenvalue weighted by Gasteiger charge is -2.38. The summed E-state index contributed by atoms with van der Waals surface area (Å²) >= 11 is 0. The molecule has 1 heterocycles. The summed E-state index contributed by atoms with van der Waals surface area (Å²) < 4.78 is 0. The molecular weight excluding hydrogens is 270 g/mol. The van der Waals surface area contributed by atoms with Gasteiger partial charge < -0.3 is 5.32 Å². The molecule has 1 N–H and O–H groups in total. The number of rotatable bonds is 4. The normalized spacial score (nSPS) is 23.2. The molecule has 2 unspecified atom stereocenters. The second-order valence-electron chi connectivity index (χ2n) is 7.83. The minimum atomic E-state index is 0.289. The van der Waals surface area contributed by atoms with Gasteiger partial charge in [-0.15, -0.1) is 0 Å². The molecule has 0 amide bonds. The number of nitrogens with one attached hydrogen (secondary N) is 1. The number of nitrogens with zero attached hydrogens (tertiary/aromatic N) is 2. The van der Waals surface area contributed by atoms with Gasteiger partial charge in [0, 0.05) is 25.7 Å². The maximum absolute atomic E-state index is 9.05. The van der Waals surface area contributed by atoms with Crippen LogP contribution in [0.4, 0.5) is 0 Å². The van der Waals surface area contributed by atoms with Crippen LogP contribution < -0.4 is 5.32 Å². The monoisotopic (exact) mass is 299 g/mol. The van der Waals surface area contributed by atoms with E-state index in [1.165, 1.54) is 11.1 Å². The topological polar surface area (TPSA) is 39.1 Å². The maximum Gasteiger partial charge on any atom is 0.0866 e. The van der Waals surface area contributed by atoms with Gasteiger partial charge in [0.1, 0.15) is 0 Å². The molecule has 0 saturated carbocycles. The van der Waals surface area contributed by atoms with E-state index in [1.807, 2.05) is 0 Å². The van der Waals surface area contributed by atoms with Gasteiger partial charge in [0.15, 0.2) is 0 Å². The third kappa shape index (κ3) is 5.12. The molecular formula is C19H29N3. The van der Waals surface area contributed by atoms with Gasteiger partial charge in [0.05, 0.1) is 12.6 Å². The van der Waals surface area contributed by atoms with Gasteiger partial charge in [0.2, 0.25) is 0 Å². The third-order valence-electron chi connectivity index (χ3n) is 4.29. The maximum atomic E-state index is 9.05. The highest BCUT2D eigenvalue weighted by molar-refractivity contribution is 5.25. The van der Waals surface area contributed by atoms with E-state index in [1.54, 1.807) is 0 Å². The average Bonchev–Trinajstić information content (AvgIpc) is 2.45. The lowest BCUT2D eigenvalue weighted by atomic mass is 9.87. The molecule has 0 bridgehead atoms. The molecule has 2 atom stereocenters. The van der Waals surface area contributed by atoms with Gasteiger partial charge in [-0.3, -0.25) is 4.90 Å². The zero-order valence-corrected chi connectivity index (χ0v) is 14.4. The first-order chi connectivity index (χ1) is 10.4. The van der Waals surface area contributed by atoms with E-state index in [-0.39, 0.29) is 5.41 Å². The van der Waals surface area contributed by atoms with Crippen molar-refractivity contribution >= 4 is 0 Å². The third-order valence-corrected chi connectivity index (χ3v) is 4.29. The van der Waals surface area contributed by atoms with Crippen LogP contribution in [0.5, 0.6) is 0 Å². The number of piperidine rings is 1. The van der Waals surface area contributed by atoms with Crippen molar-refractivity contribution in [1.29, 1.82) is 5.26 Å². The first kappa shape index (κ1) is 17.0. The number of likely N-dealkylation sites (tertiary alicyclic amines) is 1. The Balaban J connectivity index is 2.06. The molecule has 0 aromatic heterocycles. The predicted molar refractivity (Wildman–Crippen MR) is 91.8 cm³/mol. The molecule has 1 saturated heterocycles. The Morgan fingerprint density at radius 3 is 2.50 bits per heavy atom. The van der Waals surface area contributed by atoms with Gasteiger partial charge in [-0.05, 0) is 30.2 Å². The van der Waals surface area contributed by atoms with Gasteiger partial charge in [-0.1, -0.05) is 50.6 Å². The summed E-state index contributed by atoms with van der Waals surface area (Å²) in [6.45, 7) is 12.4. The highest BCUT2D eigenvalue weighted by Crippen LogP contribution is 2.27. The predicted octanol–water partition coefficient (Wildman–Crippen LogP) is 3.31. The Kier molecular flexibility index (Phi) is 5.61. The number of aryl methyl sites for hydroxylation is 1. The van der Waals surface area contributed by atoms with Crippen LogP contribution in [-0.2, 0) is 0 Å². The Bertz CT molecular complexity index is 507. The minimum absolute atomic E-state index is 0.289. The van der Waals surface area contributed by atoms with Crippen molar-refractivity contribution in [3.05, 3.63) is 35.4 Å². The summed E-state index contributed by atoms with van der Waals surface area (Å²) in [4.78, 5) is 2.29. The highest BCUT2D eigenvalue weighted by Gasteiger charge is 2.28. The Morgan fingerprint density at radius 2 is 1.91 bits per heavy atom. The molecule has 3 nitrogen and oxygen atoms in total. The quantitative estimate of drug-likeness (QED) is 0.867. The Labute approximate surface area is 135 Å². The van der Waals surface area contributed by atoms with Crippen LogP contribution in [0.2, 0.25) is 0 Å². The van der Waals surface area contributed by atoms with Crippen LogP contribution in [0.3, 0.4) is 0 Å². The summed E-state index contributed by atoms with van der Waals surface area (Å²) in [5.41, 5.74) is 2.99. The first-order valence-corrected chi connectivity index (χ1v) is 8.26. The van der Waals surface area contributed by atoms with Crippen LogP contribution in [0.15, 0.2) is 24.3 Å². The summed E-state index contributed by atoms with van der Waals surface area (Å²) in [6, 6.07) is 11.6. The van der Waals surface area contributed by atoms with E-state index in [9.17, 15) is 0 Å². The number of benzene rings is 1. The molecule has 0 aliphatic carbocycles. The summed E-state index contributed by atoms with van der Waals surface area (Å²) in [5, 5.41) is 12.8. The van der Waals surface area contributed by atoms with Gasteiger partial charge in [-0.25, -0.2) is 0 Å². The van der Waals surface area contributed by atoms with Crippen LogP contribution in [0.1, 0.15) is 44.2 Å². The number of hydrogen-bond donors (Lipinski definition) is 1. The largest absolute Gasteiger partial charge is 0.312 e. The fourth-order valence-corrected chi connectivity index (χ4v) is 3.10. The van der Waals surface area contributed by atoms with E-state index >= 15 is 0 Å². The van der Waals surface area contributed by atoms with E-state index in [0.29, 0.717) is 18.5 Å². The van der Waals surface area contributed by atoms with Crippen molar-refractivity contribution in [3.63, 3.8) is 0 Å². The van der Waals surface area contributed by atoms with Crippen molar-refractivity contribution in [2.45, 2.75) is 46.1 Å². The summed E-state index contributed by atoms with van der Waals surface area (Å²) in [7, 11) is 0. The van der Waals surface area contributed by atoms with E-state index in [4.69, 9.17) is 5.26 Å². The van der Waals surface area contributed by atoms with Crippen LogP contribution >= 0.6 is 0 Å². The van der Waals surface area contributed by atoms with Crippen LogP contribution in [0.25, 0.3) is 0 Å². The SMILES string of the molecule is Cc1ccc(C2CC(NCC(C)(C)C)CN(CC#N)C2)cc1. The minimum Gasteiger partial charge on any atom is -0.312 e. The number of hydrogen-bond acceptors (Lipinski definition) is 3. The Hall–Kier alpha value is -1.37. The molecule has 1 aromatic carbocycles. The lowest BCUT2D eigenvalue weighted by molar-refractivity contribution is 0.179. The van der Waals surface area contributed by atoms with E-state index in [2.05, 4.69) is 68.2 Å². The fourth-order valence-electron chi connectivity index (χ4n) is 3.10. The van der Waals surface area contributed by atoms with Crippen molar-refractivity contribution in [2.75, 3.05) is 26.2 Å². The molecule has 0 radical (unpaired) electrons. The van der Waals surface area contributed by atoms with E-state index in [0.717, 1.165) is 26.1 Å². The molecule has 1 aliphatic heterocycles. The lowest BCUT2D eigenvalue weighted by Crippen LogP contribution is -2.50. The second-order valence-corrected chi connectivity index (χ2v) is 7.83. The standard InChI is InChI=1S/C19H29N3/c1-15-5-7-16(8-6-15)17-11-18(21-14-19(2,3)4)13-22(12-17)10-9-20/h5-8,17-18,21H,10-14H2,1-4H3. The average molecular weight is 299 g/mol. The highest BCUT2D eigenvalue weighted by atomic mass is 15.2. The van der Waals surface area contributed by atoms with Crippen molar-refractivity contribution < 1.29 is 0 Å². The van der Waals surface area contributed by atoms with Gasteiger partial charge in [-0.2, -0.15) is 5.26 Å². The number of nitriles is 1. The zero-order chi connectivity index (χ0) is 16.2. The summed E-state index contributed by atoms with van der Waals surface area (Å²) in [5.74, 6) is 0.514. The molecule has 1 aromatic rings. The molecule has 3 heteroatoms. The fraction of sp³-hybridized carbons (Fsp3) is 0.632. The zero-order valence-electron chi connectivity index (χ0n) is 14.4. The molecule has 2 rings (SSSR count). The smallest absolute Gasteiger partial charge is 0.0866 e. The van der Waals surface area contributed by atoms with Crippen molar-refractivity contribution in [2.24, 2.45) is 5.41 Å². The molecule has 120 valence electrons. The molecule has 22 heavy (non-hydrogen) atoms. The second kappa shape index (κ2) is 7.26. The summed E-state index contributed by atoms with van der Waals surface area (Å²) in [6.07, 6.45) is 1.15. The Morgan fingerprint density at radius 1 is 1.23 bits per heavy atom. The van der Waals surface area contributed by atoms with Gasteiger partial charge >= 0.3 is 0 Å². The first-order valence-electron chi connectivity index (χ1n) is 8.26. The van der Waals surface area contributed by atoms with Crippen molar-refractivity contribution in [3.8, 4) is 6.07 Å². The van der Waals surface area contributed by atoms with E-state index < -0.39 is 0 Å². The van der Waals surface area contributed by atoms with Gasteiger partial charge in [0.25, 0.3) is 0 Å². The van der Waals surface area contributed by atoms with Crippen LogP contribution in [0, 0.1) is 23.7 Å². The molecule has 1 fully saturated rings. The molecule has 0 spiro atoms. The molecule has 1 aliphatic rings. The van der Waals surface area contributed by atoms with Crippen molar-refractivity contribution in [1.82, 2.24) is 10.2 Å². The van der Waals surface area contributed by atoms with Crippen LogP contribution in [-0.4, -0.2) is 37.1 Å².